The Morgan fingerprint density at radius 2 is 2.00 bits per heavy atom. The van der Waals surface area contributed by atoms with E-state index in [2.05, 4.69) is 16.8 Å². The highest BCUT2D eigenvalue weighted by atomic mass is 16.5. The third-order valence-electron chi connectivity index (χ3n) is 3.67. The minimum atomic E-state index is 0.532. The summed E-state index contributed by atoms with van der Waals surface area (Å²) >= 11 is 0. The van der Waals surface area contributed by atoms with Gasteiger partial charge in [0.1, 0.15) is 12.4 Å². The van der Waals surface area contributed by atoms with Gasteiger partial charge in [-0.2, -0.15) is 0 Å². The number of nitrogens with two attached hydrogens (primary N) is 1. The van der Waals surface area contributed by atoms with Crippen molar-refractivity contribution in [2.45, 2.75) is 13.0 Å². The Kier molecular flexibility index (Phi) is 5.63. The second-order valence-corrected chi connectivity index (χ2v) is 5.16. The van der Waals surface area contributed by atoms with Gasteiger partial charge in [-0.05, 0) is 32.6 Å². The number of para-hydroxylation sites is 1. The van der Waals surface area contributed by atoms with Crippen LogP contribution in [0.2, 0.25) is 0 Å². The topological polar surface area (TPSA) is 41.7 Å². The van der Waals surface area contributed by atoms with Crippen molar-refractivity contribution in [1.82, 2.24) is 9.80 Å². The Balaban J connectivity index is 1.76. The SMILES string of the molecule is CN1CCCN(CCOc2ccccc2CN)CC1. The summed E-state index contributed by atoms with van der Waals surface area (Å²) in [5, 5.41) is 0. The van der Waals surface area contributed by atoms with E-state index in [9.17, 15) is 0 Å². The molecule has 106 valence electrons. The number of rotatable bonds is 5. The van der Waals surface area contributed by atoms with Crippen molar-refractivity contribution < 1.29 is 4.74 Å². The van der Waals surface area contributed by atoms with Crippen LogP contribution in [0.25, 0.3) is 0 Å². The maximum Gasteiger partial charge on any atom is 0.123 e. The molecular weight excluding hydrogens is 238 g/mol. The molecule has 0 bridgehead atoms. The fourth-order valence-corrected chi connectivity index (χ4v) is 2.42. The number of benzene rings is 1. The molecule has 1 aromatic carbocycles. The van der Waals surface area contributed by atoms with E-state index in [0.29, 0.717) is 6.54 Å². The molecule has 0 atom stereocenters. The van der Waals surface area contributed by atoms with Gasteiger partial charge in [0.15, 0.2) is 0 Å². The first-order chi connectivity index (χ1) is 9.29. The van der Waals surface area contributed by atoms with Crippen LogP contribution in [0, 0.1) is 0 Å². The summed E-state index contributed by atoms with van der Waals surface area (Å²) in [5.74, 6) is 0.928. The van der Waals surface area contributed by atoms with Gasteiger partial charge < -0.3 is 15.4 Å². The molecule has 0 aliphatic carbocycles. The third kappa shape index (κ3) is 4.49. The van der Waals surface area contributed by atoms with Gasteiger partial charge in [0.05, 0.1) is 0 Å². The van der Waals surface area contributed by atoms with E-state index < -0.39 is 0 Å². The lowest BCUT2D eigenvalue weighted by Crippen LogP contribution is -2.32. The standard InChI is InChI=1S/C15H25N3O/c1-17-7-4-8-18(10-9-17)11-12-19-15-6-3-2-5-14(15)13-16/h2-3,5-6H,4,7-13,16H2,1H3. The normalized spacial score (nSPS) is 18.2. The predicted molar refractivity (Wildman–Crippen MR) is 78.4 cm³/mol. The zero-order valence-electron chi connectivity index (χ0n) is 11.8. The van der Waals surface area contributed by atoms with E-state index in [1.54, 1.807) is 0 Å². The zero-order valence-corrected chi connectivity index (χ0v) is 11.8. The molecule has 1 saturated heterocycles. The average molecular weight is 263 g/mol. The summed E-state index contributed by atoms with van der Waals surface area (Å²) in [6, 6.07) is 8.02. The van der Waals surface area contributed by atoms with Gasteiger partial charge in [-0.15, -0.1) is 0 Å². The molecule has 0 spiro atoms. The van der Waals surface area contributed by atoms with Crippen LogP contribution in [-0.2, 0) is 6.54 Å². The summed E-state index contributed by atoms with van der Waals surface area (Å²) in [7, 11) is 2.19. The van der Waals surface area contributed by atoms with Gasteiger partial charge in [0.25, 0.3) is 0 Å². The second kappa shape index (κ2) is 7.48. The van der Waals surface area contributed by atoms with Gasteiger partial charge in [0, 0.05) is 31.7 Å². The molecule has 0 amide bonds. The van der Waals surface area contributed by atoms with E-state index in [4.69, 9.17) is 10.5 Å². The van der Waals surface area contributed by atoms with Gasteiger partial charge in [0.2, 0.25) is 0 Å². The van der Waals surface area contributed by atoms with Crippen LogP contribution in [0.3, 0.4) is 0 Å². The second-order valence-electron chi connectivity index (χ2n) is 5.16. The van der Waals surface area contributed by atoms with Crippen LogP contribution < -0.4 is 10.5 Å². The first kappa shape index (κ1) is 14.3. The van der Waals surface area contributed by atoms with Crippen molar-refractivity contribution in [3.8, 4) is 5.75 Å². The molecule has 19 heavy (non-hydrogen) atoms. The van der Waals surface area contributed by atoms with E-state index in [1.807, 2.05) is 24.3 Å². The largest absolute Gasteiger partial charge is 0.492 e. The maximum absolute atomic E-state index is 5.86. The molecule has 0 aromatic heterocycles. The maximum atomic E-state index is 5.86. The minimum absolute atomic E-state index is 0.532. The predicted octanol–water partition coefficient (Wildman–Crippen LogP) is 1.16. The number of hydrogen-bond acceptors (Lipinski definition) is 4. The van der Waals surface area contributed by atoms with Crippen molar-refractivity contribution in [2.24, 2.45) is 5.73 Å². The lowest BCUT2D eigenvalue weighted by Gasteiger charge is -2.20. The van der Waals surface area contributed by atoms with Crippen LogP contribution >= 0.6 is 0 Å². The van der Waals surface area contributed by atoms with Crippen LogP contribution in [0.1, 0.15) is 12.0 Å². The third-order valence-corrected chi connectivity index (χ3v) is 3.67. The summed E-state index contributed by atoms with van der Waals surface area (Å²) in [4.78, 5) is 4.87. The van der Waals surface area contributed by atoms with E-state index in [0.717, 1.165) is 37.6 Å². The Morgan fingerprint density at radius 3 is 2.84 bits per heavy atom. The van der Waals surface area contributed by atoms with Gasteiger partial charge in [-0.25, -0.2) is 0 Å². The van der Waals surface area contributed by atoms with E-state index in [-0.39, 0.29) is 0 Å². The first-order valence-electron chi connectivity index (χ1n) is 7.11. The molecule has 4 nitrogen and oxygen atoms in total. The van der Waals surface area contributed by atoms with Gasteiger partial charge in [-0.1, -0.05) is 18.2 Å². The van der Waals surface area contributed by atoms with E-state index >= 15 is 0 Å². The van der Waals surface area contributed by atoms with Crippen LogP contribution in [-0.4, -0.2) is 56.2 Å². The Morgan fingerprint density at radius 1 is 1.16 bits per heavy atom. The summed E-state index contributed by atoms with van der Waals surface area (Å²) < 4.78 is 5.86. The fraction of sp³-hybridized carbons (Fsp3) is 0.600. The lowest BCUT2D eigenvalue weighted by molar-refractivity contribution is 0.212. The average Bonchev–Trinajstić information content (AvgIpc) is 2.64. The molecule has 1 aliphatic rings. The summed E-state index contributed by atoms with van der Waals surface area (Å²) in [5.41, 5.74) is 6.79. The number of nitrogens with zero attached hydrogens (tertiary/aromatic N) is 2. The summed E-state index contributed by atoms with van der Waals surface area (Å²) in [6.45, 7) is 6.93. The molecule has 0 radical (unpaired) electrons. The first-order valence-corrected chi connectivity index (χ1v) is 7.11. The van der Waals surface area contributed by atoms with Crippen LogP contribution in [0.15, 0.2) is 24.3 Å². The molecule has 2 rings (SSSR count). The molecule has 2 N–H and O–H groups in total. The Labute approximate surface area is 116 Å². The Bertz CT molecular complexity index is 383. The molecule has 1 fully saturated rings. The van der Waals surface area contributed by atoms with Crippen molar-refractivity contribution in [3.05, 3.63) is 29.8 Å². The van der Waals surface area contributed by atoms with Crippen molar-refractivity contribution in [3.63, 3.8) is 0 Å². The molecule has 0 unspecified atom stereocenters. The molecular formula is C15H25N3O. The zero-order chi connectivity index (χ0) is 13.5. The van der Waals surface area contributed by atoms with Gasteiger partial charge in [-0.3, -0.25) is 4.90 Å². The lowest BCUT2D eigenvalue weighted by atomic mass is 10.2. The fourth-order valence-electron chi connectivity index (χ4n) is 2.42. The Hall–Kier alpha value is -1.10. The van der Waals surface area contributed by atoms with Gasteiger partial charge >= 0.3 is 0 Å². The molecule has 4 heteroatoms. The molecule has 0 saturated carbocycles. The van der Waals surface area contributed by atoms with Crippen molar-refractivity contribution in [1.29, 1.82) is 0 Å². The van der Waals surface area contributed by atoms with Crippen LogP contribution in [0.5, 0.6) is 5.75 Å². The smallest absolute Gasteiger partial charge is 0.123 e. The number of likely N-dealkylation sites (N-methyl/N-ethyl adjacent to an activating group) is 1. The van der Waals surface area contributed by atoms with E-state index in [1.165, 1.54) is 19.5 Å². The quantitative estimate of drug-likeness (QED) is 0.865. The highest BCUT2D eigenvalue weighted by Crippen LogP contribution is 2.16. The van der Waals surface area contributed by atoms with Crippen molar-refractivity contribution in [2.75, 3.05) is 46.4 Å². The monoisotopic (exact) mass is 263 g/mol. The minimum Gasteiger partial charge on any atom is -0.492 e. The number of hydrogen-bond donors (Lipinski definition) is 1. The van der Waals surface area contributed by atoms with Crippen molar-refractivity contribution >= 4 is 0 Å². The highest BCUT2D eigenvalue weighted by molar-refractivity contribution is 5.32. The summed E-state index contributed by atoms with van der Waals surface area (Å²) in [6.07, 6.45) is 1.25. The number of ether oxygens (including phenoxy) is 1. The highest BCUT2D eigenvalue weighted by Gasteiger charge is 2.11. The molecule has 1 heterocycles. The van der Waals surface area contributed by atoms with Crippen LogP contribution in [0.4, 0.5) is 0 Å². The molecule has 1 aliphatic heterocycles. The molecule has 1 aromatic rings.